The molecule has 0 aliphatic rings. The Labute approximate surface area is 179 Å². The van der Waals surface area contributed by atoms with Crippen molar-refractivity contribution in [2.75, 3.05) is 6.61 Å². The van der Waals surface area contributed by atoms with Crippen LogP contribution in [-0.2, 0) is 28.7 Å². The molecule has 0 saturated carbocycles. The molecule has 174 valence electrons. The van der Waals surface area contributed by atoms with E-state index in [1.54, 1.807) is 0 Å². The number of esters is 2. The summed E-state index contributed by atoms with van der Waals surface area (Å²) in [5, 5.41) is 18.5. The van der Waals surface area contributed by atoms with Crippen molar-refractivity contribution in [3.05, 3.63) is 0 Å². The molecule has 0 fully saturated rings. The van der Waals surface area contributed by atoms with Gasteiger partial charge in [-0.1, -0.05) is 77.6 Å². The number of carboxylic acids is 2. The molecule has 0 aliphatic heterocycles. The van der Waals surface area contributed by atoms with Gasteiger partial charge in [-0.05, 0) is 6.42 Å². The lowest BCUT2D eigenvalue weighted by Crippen LogP contribution is -2.46. The monoisotopic (exact) mass is 430 g/mol. The molecular weight excluding hydrogens is 392 g/mol. The van der Waals surface area contributed by atoms with Crippen LogP contribution in [0.1, 0.15) is 104 Å². The van der Waals surface area contributed by atoms with Gasteiger partial charge in [-0.2, -0.15) is 0 Å². The zero-order valence-corrected chi connectivity index (χ0v) is 18.5. The number of carbonyl (C=O) groups excluding carboxylic acids is 2. The minimum Gasteiger partial charge on any atom is -0.481 e. The van der Waals surface area contributed by atoms with Gasteiger partial charge in [0, 0.05) is 13.5 Å². The maximum atomic E-state index is 11.7. The molecule has 0 rings (SSSR count). The van der Waals surface area contributed by atoms with Gasteiger partial charge in [0.05, 0.1) is 12.8 Å². The summed E-state index contributed by atoms with van der Waals surface area (Å²) in [4.78, 5) is 45.3. The molecule has 0 radical (unpaired) electrons. The van der Waals surface area contributed by atoms with E-state index in [1.165, 1.54) is 51.4 Å². The van der Waals surface area contributed by atoms with Crippen molar-refractivity contribution in [3.8, 4) is 0 Å². The van der Waals surface area contributed by atoms with E-state index in [4.69, 9.17) is 9.84 Å². The van der Waals surface area contributed by atoms with Gasteiger partial charge in [-0.25, -0.2) is 4.79 Å². The summed E-state index contributed by atoms with van der Waals surface area (Å²) in [6, 6.07) is 0. The Hall–Kier alpha value is -1.96. The molecule has 0 aromatic rings. The fourth-order valence-corrected chi connectivity index (χ4v) is 3.26. The number of carboxylic acid groups (broad SMARTS) is 2. The van der Waals surface area contributed by atoms with E-state index in [9.17, 15) is 24.3 Å². The number of unbranched alkanes of at least 4 members (excludes halogenated alkanes) is 11. The van der Waals surface area contributed by atoms with Crippen LogP contribution in [0.2, 0.25) is 0 Å². The predicted octanol–water partition coefficient (Wildman–Crippen LogP) is 4.48. The highest BCUT2D eigenvalue weighted by Crippen LogP contribution is 2.24. The average molecular weight is 431 g/mol. The fourth-order valence-electron chi connectivity index (χ4n) is 3.26. The molecule has 0 aromatic heterocycles. The Bertz CT molecular complexity index is 531. The van der Waals surface area contributed by atoms with Gasteiger partial charge in [0.1, 0.15) is 0 Å². The third-order valence-corrected chi connectivity index (χ3v) is 4.89. The summed E-state index contributed by atoms with van der Waals surface area (Å²) < 4.78 is 9.70. The van der Waals surface area contributed by atoms with Crippen LogP contribution in [0.3, 0.4) is 0 Å². The highest BCUT2D eigenvalue weighted by Gasteiger charge is 2.45. The second kappa shape index (κ2) is 16.8. The van der Waals surface area contributed by atoms with E-state index in [1.807, 2.05) is 0 Å². The average Bonchev–Trinajstić information content (AvgIpc) is 2.64. The van der Waals surface area contributed by atoms with Crippen molar-refractivity contribution in [1.29, 1.82) is 0 Å². The van der Waals surface area contributed by atoms with Crippen LogP contribution in [0.15, 0.2) is 0 Å². The zero-order chi connectivity index (χ0) is 22.8. The maximum Gasteiger partial charge on any atom is 0.337 e. The third kappa shape index (κ3) is 14.1. The zero-order valence-electron chi connectivity index (χ0n) is 18.5. The minimum absolute atomic E-state index is 0.0182. The first-order chi connectivity index (χ1) is 14.2. The molecule has 0 saturated heterocycles. The molecule has 8 nitrogen and oxygen atoms in total. The Kier molecular flexibility index (Phi) is 15.7. The van der Waals surface area contributed by atoms with E-state index in [-0.39, 0.29) is 6.61 Å². The third-order valence-electron chi connectivity index (χ3n) is 4.89. The van der Waals surface area contributed by atoms with Crippen LogP contribution in [0.5, 0.6) is 0 Å². The van der Waals surface area contributed by atoms with E-state index in [0.717, 1.165) is 26.2 Å². The lowest BCUT2D eigenvalue weighted by atomic mass is 9.95. The van der Waals surface area contributed by atoms with Crippen molar-refractivity contribution >= 4 is 23.9 Å². The molecule has 0 aromatic carbocycles. The Morgan fingerprint density at radius 3 is 1.60 bits per heavy atom. The second-order valence-corrected chi connectivity index (χ2v) is 7.75. The van der Waals surface area contributed by atoms with Crippen molar-refractivity contribution in [2.24, 2.45) is 0 Å². The van der Waals surface area contributed by atoms with E-state index < -0.39 is 42.3 Å². The van der Waals surface area contributed by atoms with E-state index in [2.05, 4.69) is 11.7 Å². The lowest BCUT2D eigenvalue weighted by molar-refractivity contribution is -0.181. The molecule has 0 amide bonds. The first-order valence-electron chi connectivity index (χ1n) is 11.0. The van der Waals surface area contributed by atoms with Gasteiger partial charge in [-0.3, -0.25) is 14.4 Å². The van der Waals surface area contributed by atoms with Crippen molar-refractivity contribution < 1.29 is 38.9 Å². The molecule has 1 atom stereocenters. The number of rotatable bonds is 19. The van der Waals surface area contributed by atoms with Crippen LogP contribution in [0.25, 0.3) is 0 Å². The van der Waals surface area contributed by atoms with Crippen molar-refractivity contribution in [2.45, 2.75) is 109 Å². The van der Waals surface area contributed by atoms with Crippen LogP contribution in [0, 0.1) is 0 Å². The summed E-state index contributed by atoms with van der Waals surface area (Å²) in [6.07, 6.45) is 11.9. The van der Waals surface area contributed by atoms with Gasteiger partial charge in [-0.15, -0.1) is 0 Å². The largest absolute Gasteiger partial charge is 0.481 e. The van der Waals surface area contributed by atoms with Crippen molar-refractivity contribution in [3.63, 3.8) is 0 Å². The molecule has 8 heteroatoms. The molecule has 0 bridgehead atoms. The summed E-state index contributed by atoms with van der Waals surface area (Å²) in [5.41, 5.74) is -2.24. The van der Waals surface area contributed by atoms with E-state index >= 15 is 0 Å². The number of ether oxygens (including phenoxy) is 2. The van der Waals surface area contributed by atoms with Crippen LogP contribution >= 0.6 is 0 Å². The topological polar surface area (TPSA) is 127 Å². The number of hydrogen-bond donors (Lipinski definition) is 2. The second-order valence-electron chi connectivity index (χ2n) is 7.75. The number of carbonyl (C=O) groups is 4. The van der Waals surface area contributed by atoms with Crippen LogP contribution in [0.4, 0.5) is 0 Å². The first kappa shape index (κ1) is 28.0. The SMILES string of the molecule is CCCCCCCCCCCCCCOC(CC(=O)O)(CC(=O)OC(C)=O)C(=O)O. The Morgan fingerprint density at radius 2 is 1.20 bits per heavy atom. The van der Waals surface area contributed by atoms with Gasteiger partial charge in [0.15, 0.2) is 5.60 Å². The summed E-state index contributed by atoms with van der Waals surface area (Å²) in [7, 11) is 0. The van der Waals surface area contributed by atoms with Crippen LogP contribution in [-0.4, -0.2) is 46.3 Å². The van der Waals surface area contributed by atoms with Gasteiger partial charge >= 0.3 is 23.9 Å². The highest BCUT2D eigenvalue weighted by atomic mass is 16.6. The maximum absolute atomic E-state index is 11.7. The summed E-state index contributed by atoms with van der Waals surface area (Å²) >= 11 is 0. The lowest BCUT2D eigenvalue weighted by Gasteiger charge is -2.27. The summed E-state index contributed by atoms with van der Waals surface area (Å²) in [5.74, 6) is -5.00. The Morgan fingerprint density at radius 1 is 0.733 bits per heavy atom. The normalized spacial score (nSPS) is 12.9. The molecule has 30 heavy (non-hydrogen) atoms. The highest BCUT2D eigenvalue weighted by molar-refractivity contribution is 5.91. The summed E-state index contributed by atoms with van der Waals surface area (Å²) in [6.45, 7) is 3.23. The number of aliphatic carboxylic acids is 2. The molecule has 0 spiro atoms. The molecular formula is C22H38O8. The van der Waals surface area contributed by atoms with Gasteiger partial charge < -0.3 is 19.7 Å². The van der Waals surface area contributed by atoms with Gasteiger partial charge in [0.25, 0.3) is 0 Å². The Balaban J connectivity index is 4.18. The van der Waals surface area contributed by atoms with Crippen molar-refractivity contribution in [1.82, 2.24) is 0 Å². The van der Waals surface area contributed by atoms with Crippen LogP contribution < -0.4 is 0 Å². The fraction of sp³-hybridized carbons (Fsp3) is 0.818. The minimum atomic E-state index is -2.24. The molecule has 1 unspecified atom stereocenters. The number of hydrogen-bond acceptors (Lipinski definition) is 6. The van der Waals surface area contributed by atoms with E-state index in [0.29, 0.717) is 6.42 Å². The molecule has 0 heterocycles. The molecule has 2 N–H and O–H groups in total. The molecule has 0 aliphatic carbocycles. The standard InChI is InChI=1S/C22H38O8/c1-3-4-5-6-7-8-9-10-11-12-13-14-15-29-22(21(27)28,16-19(24)25)17-20(26)30-18(2)23/h3-17H2,1-2H3,(H,24,25)(H,27,28). The smallest absolute Gasteiger partial charge is 0.337 e. The first-order valence-corrected chi connectivity index (χ1v) is 11.0. The quantitative estimate of drug-likeness (QED) is 0.174. The predicted molar refractivity (Wildman–Crippen MR) is 111 cm³/mol. The van der Waals surface area contributed by atoms with Gasteiger partial charge in [0.2, 0.25) is 0 Å².